The lowest BCUT2D eigenvalue weighted by Crippen LogP contribution is -2.41. The van der Waals surface area contributed by atoms with Crippen LogP contribution in [-0.4, -0.2) is 51.5 Å². The van der Waals surface area contributed by atoms with Gasteiger partial charge in [0.05, 0.1) is 20.3 Å². The zero-order valence-corrected chi connectivity index (χ0v) is 17.2. The van der Waals surface area contributed by atoms with Crippen LogP contribution in [0.5, 0.6) is 12.0 Å². The lowest BCUT2D eigenvalue weighted by atomic mass is 10.1. The summed E-state index contributed by atoms with van der Waals surface area (Å²) < 4.78 is 17.9. The van der Waals surface area contributed by atoms with E-state index in [0.717, 1.165) is 12.8 Å². The number of methoxy groups -OCH3 is 1. The molecule has 0 aliphatic heterocycles. The van der Waals surface area contributed by atoms with Crippen molar-refractivity contribution in [3.63, 3.8) is 0 Å². The van der Waals surface area contributed by atoms with Gasteiger partial charge in [0.15, 0.2) is 17.0 Å². The number of carbonyl (C=O) groups excluding carboxylic acids is 1. The molecule has 0 aliphatic rings. The summed E-state index contributed by atoms with van der Waals surface area (Å²) >= 11 is 0. The van der Waals surface area contributed by atoms with E-state index in [1.807, 2.05) is 20.8 Å². The molecule has 28 heavy (non-hydrogen) atoms. The summed E-state index contributed by atoms with van der Waals surface area (Å²) in [7, 11) is 1.52. The molecule has 0 fully saturated rings. The first kappa shape index (κ1) is 21.5. The molecule has 0 unspecified atom stereocenters. The van der Waals surface area contributed by atoms with Gasteiger partial charge in [-0.3, -0.25) is 4.57 Å². The molecule has 10 heteroatoms. The van der Waals surface area contributed by atoms with E-state index in [4.69, 9.17) is 19.9 Å². The van der Waals surface area contributed by atoms with Crippen LogP contribution in [0.2, 0.25) is 0 Å². The fourth-order valence-corrected chi connectivity index (χ4v) is 2.44. The summed E-state index contributed by atoms with van der Waals surface area (Å²) in [6.45, 7) is 8.98. The van der Waals surface area contributed by atoms with Crippen molar-refractivity contribution in [3.8, 4) is 12.0 Å². The number of anilines is 1. The molecular weight excluding hydrogens is 364 g/mol. The Balaban J connectivity index is 2.08. The number of hydrogen-bond acceptors (Lipinski definition) is 8. The molecule has 2 heterocycles. The minimum absolute atomic E-state index is 0.211. The van der Waals surface area contributed by atoms with Crippen LogP contribution in [-0.2, 0) is 11.3 Å². The fourth-order valence-electron chi connectivity index (χ4n) is 2.44. The van der Waals surface area contributed by atoms with Gasteiger partial charge in [-0.25, -0.2) is 4.79 Å². The molecule has 0 aliphatic carbocycles. The van der Waals surface area contributed by atoms with Crippen molar-refractivity contribution in [2.75, 3.05) is 26.1 Å². The molecule has 0 atom stereocenters. The van der Waals surface area contributed by atoms with Gasteiger partial charge in [-0.05, 0) is 33.6 Å². The van der Waals surface area contributed by atoms with Crippen LogP contribution < -0.4 is 20.5 Å². The lowest BCUT2D eigenvalue weighted by Gasteiger charge is -2.19. The second kappa shape index (κ2) is 9.43. The minimum atomic E-state index is -0.451. The number of nitrogens with two attached hydrogens (primary N) is 1. The maximum absolute atomic E-state index is 11.7. The van der Waals surface area contributed by atoms with Crippen LogP contribution in [0.1, 0.15) is 47.0 Å². The predicted octanol–water partition coefficient (Wildman–Crippen LogP) is 2.51. The van der Waals surface area contributed by atoms with E-state index in [1.165, 1.54) is 7.11 Å². The molecule has 0 radical (unpaired) electrons. The molecular formula is C18H30N6O4. The quantitative estimate of drug-likeness (QED) is 0.621. The number of alkyl carbamates (subject to hydrolysis) is 1. The highest BCUT2D eigenvalue weighted by atomic mass is 16.5. The summed E-state index contributed by atoms with van der Waals surface area (Å²) in [5, 5.41) is 2.75. The first-order valence-corrected chi connectivity index (χ1v) is 9.40. The summed E-state index contributed by atoms with van der Waals surface area (Å²) in [6, 6.07) is 0.573. The zero-order chi connectivity index (χ0) is 20.7. The van der Waals surface area contributed by atoms with Gasteiger partial charge in [0.1, 0.15) is 0 Å². The standard InChI is InChI=1S/C18H30N6O4/c1-6-7-10-27-15-21-13(19)12-14(22-15)24(16(20-12)26-5)9-8-11-28-17(25)23-18(2,3)4/h6-11H2,1-5H3,(H,23,25)(H2,19,21,22). The Kier molecular flexibility index (Phi) is 7.24. The zero-order valence-electron chi connectivity index (χ0n) is 17.2. The third-order valence-corrected chi connectivity index (χ3v) is 3.71. The lowest BCUT2D eigenvalue weighted by molar-refractivity contribution is 0.134. The first-order chi connectivity index (χ1) is 13.2. The smallest absolute Gasteiger partial charge is 0.407 e. The van der Waals surface area contributed by atoms with Crippen molar-refractivity contribution in [3.05, 3.63) is 0 Å². The van der Waals surface area contributed by atoms with Crippen molar-refractivity contribution >= 4 is 23.1 Å². The SMILES string of the molecule is CCCCOc1nc(N)c2nc(OC)n(CCCOC(=O)NC(C)(C)C)c2n1. The number of nitrogens with one attached hydrogen (secondary N) is 1. The van der Waals surface area contributed by atoms with E-state index < -0.39 is 6.09 Å². The number of unbranched alkanes of at least 4 members (excludes halogenated alkanes) is 1. The Labute approximate surface area is 164 Å². The molecule has 0 spiro atoms. The molecule has 10 nitrogen and oxygen atoms in total. The van der Waals surface area contributed by atoms with Crippen molar-refractivity contribution in [2.45, 2.75) is 59.0 Å². The third-order valence-electron chi connectivity index (χ3n) is 3.71. The van der Waals surface area contributed by atoms with Crippen molar-refractivity contribution in [1.82, 2.24) is 24.8 Å². The second-order valence-electron chi connectivity index (χ2n) is 7.38. The highest BCUT2D eigenvalue weighted by Crippen LogP contribution is 2.25. The summed E-state index contributed by atoms with van der Waals surface area (Å²) in [5.74, 6) is 0.231. The van der Waals surface area contributed by atoms with Crippen LogP contribution in [0.3, 0.4) is 0 Å². The highest BCUT2D eigenvalue weighted by molar-refractivity contribution is 5.83. The Morgan fingerprint density at radius 1 is 1.18 bits per heavy atom. The van der Waals surface area contributed by atoms with Crippen LogP contribution in [0.25, 0.3) is 11.2 Å². The Hall–Kier alpha value is -2.78. The van der Waals surface area contributed by atoms with Gasteiger partial charge < -0.3 is 25.3 Å². The van der Waals surface area contributed by atoms with Crippen molar-refractivity contribution in [1.29, 1.82) is 0 Å². The average Bonchev–Trinajstić information content (AvgIpc) is 2.96. The van der Waals surface area contributed by atoms with Gasteiger partial charge >= 0.3 is 12.1 Å². The van der Waals surface area contributed by atoms with E-state index in [2.05, 4.69) is 27.2 Å². The minimum Gasteiger partial charge on any atom is -0.468 e. The topological polar surface area (TPSA) is 126 Å². The maximum atomic E-state index is 11.7. The maximum Gasteiger partial charge on any atom is 0.407 e. The van der Waals surface area contributed by atoms with Gasteiger partial charge in [-0.2, -0.15) is 15.0 Å². The summed E-state index contributed by atoms with van der Waals surface area (Å²) in [6.07, 6.45) is 2.01. The third kappa shape index (κ3) is 5.86. The van der Waals surface area contributed by atoms with Gasteiger partial charge in [0.2, 0.25) is 0 Å². The summed E-state index contributed by atoms with van der Waals surface area (Å²) in [4.78, 5) is 24.7. The fraction of sp³-hybridized carbons (Fsp3) is 0.667. The molecule has 2 rings (SSSR count). The number of rotatable bonds is 9. The number of nitrogens with zero attached hydrogens (tertiary/aromatic N) is 4. The van der Waals surface area contributed by atoms with E-state index in [1.54, 1.807) is 4.57 Å². The van der Waals surface area contributed by atoms with Gasteiger partial charge in [0, 0.05) is 12.1 Å². The van der Waals surface area contributed by atoms with E-state index >= 15 is 0 Å². The number of fused-ring (bicyclic) bond motifs is 1. The normalized spacial score (nSPS) is 11.5. The molecule has 0 aromatic carbocycles. The molecule has 3 N–H and O–H groups in total. The van der Waals surface area contributed by atoms with Crippen molar-refractivity contribution in [2.24, 2.45) is 0 Å². The largest absolute Gasteiger partial charge is 0.468 e. The molecule has 0 bridgehead atoms. The molecule has 0 saturated heterocycles. The second-order valence-corrected chi connectivity index (χ2v) is 7.38. The Morgan fingerprint density at radius 2 is 1.93 bits per heavy atom. The van der Waals surface area contributed by atoms with Crippen LogP contribution in [0.4, 0.5) is 10.6 Å². The number of aromatic nitrogens is 4. The number of aryl methyl sites for hydroxylation is 1. The number of carbonyl (C=O) groups is 1. The molecule has 2 aromatic rings. The van der Waals surface area contributed by atoms with E-state index in [-0.39, 0.29) is 24.0 Å². The highest BCUT2D eigenvalue weighted by Gasteiger charge is 2.18. The van der Waals surface area contributed by atoms with E-state index in [9.17, 15) is 4.79 Å². The Bertz CT molecular complexity index is 799. The number of amides is 1. The predicted molar refractivity (Wildman–Crippen MR) is 106 cm³/mol. The van der Waals surface area contributed by atoms with Gasteiger partial charge in [-0.1, -0.05) is 13.3 Å². The molecule has 2 aromatic heterocycles. The van der Waals surface area contributed by atoms with Crippen LogP contribution >= 0.6 is 0 Å². The molecule has 0 saturated carbocycles. The number of imidazole rings is 1. The number of hydrogen-bond donors (Lipinski definition) is 2. The number of nitrogen functional groups attached to an aromatic ring is 1. The van der Waals surface area contributed by atoms with Crippen LogP contribution in [0.15, 0.2) is 0 Å². The summed E-state index contributed by atoms with van der Waals surface area (Å²) in [5.41, 5.74) is 6.64. The van der Waals surface area contributed by atoms with Gasteiger partial charge in [-0.15, -0.1) is 0 Å². The molecule has 156 valence electrons. The van der Waals surface area contributed by atoms with Gasteiger partial charge in [0.25, 0.3) is 6.01 Å². The van der Waals surface area contributed by atoms with E-state index in [0.29, 0.717) is 36.7 Å². The van der Waals surface area contributed by atoms with Crippen molar-refractivity contribution < 1.29 is 19.0 Å². The average molecular weight is 394 g/mol. The van der Waals surface area contributed by atoms with Crippen LogP contribution in [0, 0.1) is 0 Å². The molecule has 1 amide bonds. The Morgan fingerprint density at radius 3 is 2.57 bits per heavy atom. The first-order valence-electron chi connectivity index (χ1n) is 9.40. The number of ether oxygens (including phenoxy) is 3. The monoisotopic (exact) mass is 394 g/mol.